The predicted molar refractivity (Wildman–Crippen MR) is 54.6 cm³/mol. The van der Waals surface area contributed by atoms with Crippen molar-refractivity contribution in [1.82, 2.24) is 4.90 Å². The van der Waals surface area contributed by atoms with E-state index in [0.717, 1.165) is 0 Å². The molecule has 3 N–H and O–H groups in total. The van der Waals surface area contributed by atoms with E-state index in [-0.39, 0.29) is 23.8 Å². The first-order valence-corrected chi connectivity index (χ1v) is 5.01. The second kappa shape index (κ2) is 3.87. The van der Waals surface area contributed by atoms with Gasteiger partial charge < -0.3 is 15.7 Å². The molecule has 0 radical (unpaired) electrons. The molecule has 1 heterocycles. The summed E-state index contributed by atoms with van der Waals surface area (Å²) in [4.78, 5) is 13.5. The van der Waals surface area contributed by atoms with E-state index in [0.29, 0.717) is 13.1 Å². The smallest absolute Gasteiger partial charge is 0.240 e. The average molecular weight is 200 g/mol. The van der Waals surface area contributed by atoms with Gasteiger partial charge >= 0.3 is 0 Å². The summed E-state index contributed by atoms with van der Waals surface area (Å²) in [6.45, 7) is 7.34. The van der Waals surface area contributed by atoms with Gasteiger partial charge in [-0.05, 0) is 5.41 Å². The van der Waals surface area contributed by atoms with Gasteiger partial charge in [0.05, 0.1) is 6.04 Å². The summed E-state index contributed by atoms with van der Waals surface area (Å²) in [5.74, 6) is 0.258. The highest BCUT2D eigenvalue weighted by Gasteiger charge is 2.36. The molecule has 82 valence electrons. The van der Waals surface area contributed by atoms with Crippen LogP contribution in [-0.4, -0.2) is 41.7 Å². The molecule has 1 unspecified atom stereocenters. The number of nitrogens with two attached hydrogens (primary N) is 1. The summed E-state index contributed by atoms with van der Waals surface area (Å²) in [5.41, 5.74) is 5.64. The Morgan fingerprint density at radius 3 is 2.43 bits per heavy atom. The highest BCUT2D eigenvalue weighted by molar-refractivity contribution is 5.83. The topological polar surface area (TPSA) is 66.6 Å². The van der Waals surface area contributed by atoms with Crippen LogP contribution in [0.3, 0.4) is 0 Å². The Labute approximate surface area is 85.1 Å². The number of aliphatic hydroxyl groups is 1. The maximum atomic E-state index is 11.8. The highest BCUT2D eigenvalue weighted by atomic mass is 16.3. The maximum absolute atomic E-state index is 11.8. The molecule has 1 amide bonds. The minimum Gasteiger partial charge on any atom is -0.396 e. The first-order valence-electron chi connectivity index (χ1n) is 5.01. The molecule has 4 heteroatoms. The largest absolute Gasteiger partial charge is 0.396 e. The number of amides is 1. The third-order valence-corrected chi connectivity index (χ3v) is 2.73. The van der Waals surface area contributed by atoms with Gasteiger partial charge in [-0.3, -0.25) is 4.79 Å². The van der Waals surface area contributed by atoms with Gasteiger partial charge in [0, 0.05) is 25.6 Å². The highest BCUT2D eigenvalue weighted by Crippen LogP contribution is 2.23. The van der Waals surface area contributed by atoms with Crippen molar-refractivity contribution in [3.05, 3.63) is 0 Å². The lowest BCUT2D eigenvalue weighted by atomic mass is 9.85. The summed E-state index contributed by atoms with van der Waals surface area (Å²) in [5, 5.41) is 8.81. The fourth-order valence-electron chi connectivity index (χ4n) is 1.43. The molecular weight excluding hydrogens is 180 g/mol. The van der Waals surface area contributed by atoms with E-state index < -0.39 is 6.04 Å². The van der Waals surface area contributed by atoms with Crippen LogP contribution in [-0.2, 0) is 4.79 Å². The molecule has 0 bridgehead atoms. The van der Waals surface area contributed by atoms with E-state index in [4.69, 9.17) is 10.8 Å². The molecule has 0 aromatic rings. The van der Waals surface area contributed by atoms with Crippen LogP contribution in [0.4, 0.5) is 0 Å². The third kappa shape index (κ3) is 2.25. The van der Waals surface area contributed by atoms with Gasteiger partial charge in [0.1, 0.15) is 0 Å². The SMILES string of the molecule is CC(C)(C)C(N)C(=O)N1CC(CO)C1. The van der Waals surface area contributed by atoms with Crippen LogP contribution in [0.5, 0.6) is 0 Å². The fraction of sp³-hybridized carbons (Fsp3) is 0.900. The Bertz CT molecular complexity index is 217. The van der Waals surface area contributed by atoms with Crippen LogP contribution in [0, 0.1) is 11.3 Å². The van der Waals surface area contributed by atoms with Gasteiger partial charge in [0.15, 0.2) is 0 Å². The van der Waals surface area contributed by atoms with E-state index in [9.17, 15) is 4.79 Å². The van der Waals surface area contributed by atoms with Gasteiger partial charge in [0.25, 0.3) is 0 Å². The Balaban J connectivity index is 2.44. The molecule has 1 rings (SSSR count). The van der Waals surface area contributed by atoms with E-state index in [2.05, 4.69) is 0 Å². The van der Waals surface area contributed by atoms with E-state index >= 15 is 0 Å². The third-order valence-electron chi connectivity index (χ3n) is 2.73. The van der Waals surface area contributed by atoms with Crippen LogP contribution in [0.1, 0.15) is 20.8 Å². The lowest BCUT2D eigenvalue weighted by Crippen LogP contribution is -2.58. The van der Waals surface area contributed by atoms with Gasteiger partial charge in [0.2, 0.25) is 5.91 Å². The minimum absolute atomic E-state index is 0.00204. The first-order chi connectivity index (χ1) is 6.36. The van der Waals surface area contributed by atoms with Crippen LogP contribution in [0.25, 0.3) is 0 Å². The molecule has 0 aromatic carbocycles. The normalized spacial score (nSPS) is 20.5. The fourth-order valence-corrected chi connectivity index (χ4v) is 1.43. The molecule has 1 aliphatic rings. The molecule has 0 aliphatic carbocycles. The number of aliphatic hydroxyl groups excluding tert-OH is 1. The van der Waals surface area contributed by atoms with Gasteiger partial charge in [-0.25, -0.2) is 0 Å². The van der Waals surface area contributed by atoms with E-state index in [1.807, 2.05) is 20.8 Å². The first kappa shape index (κ1) is 11.5. The zero-order valence-corrected chi connectivity index (χ0v) is 9.16. The molecule has 1 atom stereocenters. The monoisotopic (exact) mass is 200 g/mol. The van der Waals surface area contributed by atoms with Gasteiger partial charge in [-0.15, -0.1) is 0 Å². The molecule has 1 aliphatic heterocycles. The lowest BCUT2D eigenvalue weighted by Gasteiger charge is -2.41. The summed E-state index contributed by atoms with van der Waals surface area (Å²) >= 11 is 0. The van der Waals surface area contributed by atoms with Gasteiger partial charge in [-0.2, -0.15) is 0 Å². The van der Waals surface area contributed by atoms with Crippen molar-refractivity contribution in [2.45, 2.75) is 26.8 Å². The molecule has 0 saturated carbocycles. The number of likely N-dealkylation sites (tertiary alicyclic amines) is 1. The molecule has 4 nitrogen and oxygen atoms in total. The van der Waals surface area contributed by atoms with Crippen molar-refractivity contribution in [3.8, 4) is 0 Å². The second-order valence-corrected chi connectivity index (χ2v) is 5.14. The minimum atomic E-state index is -0.442. The summed E-state index contributed by atoms with van der Waals surface area (Å²) in [6.07, 6.45) is 0. The quantitative estimate of drug-likeness (QED) is 0.649. The molecule has 0 spiro atoms. The zero-order valence-electron chi connectivity index (χ0n) is 9.16. The lowest BCUT2D eigenvalue weighted by molar-refractivity contribution is -0.142. The standard InChI is InChI=1S/C10H20N2O2/c1-10(2,3)8(11)9(14)12-4-7(5-12)6-13/h7-8,13H,4-6,11H2,1-3H3. The van der Waals surface area contributed by atoms with Crippen molar-refractivity contribution in [3.63, 3.8) is 0 Å². The number of nitrogens with zero attached hydrogens (tertiary/aromatic N) is 1. The number of carbonyl (C=O) groups excluding carboxylic acids is 1. The Morgan fingerprint density at radius 1 is 1.57 bits per heavy atom. The predicted octanol–water partition coefficient (Wildman–Crippen LogP) is -0.189. The number of hydrogen-bond donors (Lipinski definition) is 2. The summed E-state index contributed by atoms with van der Waals surface area (Å²) in [6, 6.07) is -0.442. The Kier molecular flexibility index (Phi) is 3.17. The number of hydrogen-bond acceptors (Lipinski definition) is 3. The molecule has 0 aromatic heterocycles. The molecule has 1 fully saturated rings. The Hall–Kier alpha value is -0.610. The number of rotatable bonds is 2. The maximum Gasteiger partial charge on any atom is 0.240 e. The van der Waals surface area contributed by atoms with Crippen LogP contribution < -0.4 is 5.73 Å². The van der Waals surface area contributed by atoms with E-state index in [1.165, 1.54) is 0 Å². The average Bonchev–Trinajstić information content (AvgIpc) is 1.99. The summed E-state index contributed by atoms with van der Waals surface area (Å²) < 4.78 is 0. The molecule has 1 saturated heterocycles. The van der Waals surface area contributed by atoms with Crippen LogP contribution >= 0.6 is 0 Å². The van der Waals surface area contributed by atoms with Crippen molar-refractivity contribution < 1.29 is 9.90 Å². The van der Waals surface area contributed by atoms with Crippen molar-refractivity contribution in [2.75, 3.05) is 19.7 Å². The number of carbonyl (C=O) groups is 1. The van der Waals surface area contributed by atoms with Crippen molar-refractivity contribution >= 4 is 5.91 Å². The Morgan fingerprint density at radius 2 is 2.07 bits per heavy atom. The van der Waals surface area contributed by atoms with Crippen LogP contribution in [0.15, 0.2) is 0 Å². The summed E-state index contributed by atoms with van der Waals surface area (Å²) in [7, 11) is 0. The van der Waals surface area contributed by atoms with Crippen LogP contribution in [0.2, 0.25) is 0 Å². The van der Waals surface area contributed by atoms with Gasteiger partial charge in [-0.1, -0.05) is 20.8 Å². The van der Waals surface area contributed by atoms with Crippen molar-refractivity contribution in [2.24, 2.45) is 17.1 Å². The second-order valence-electron chi connectivity index (χ2n) is 5.14. The molecular formula is C10H20N2O2. The zero-order chi connectivity index (χ0) is 10.9. The van der Waals surface area contributed by atoms with Crippen molar-refractivity contribution in [1.29, 1.82) is 0 Å². The molecule has 14 heavy (non-hydrogen) atoms. The van der Waals surface area contributed by atoms with E-state index in [1.54, 1.807) is 4.90 Å².